The molecule has 0 spiro atoms. The van der Waals surface area contributed by atoms with Crippen molar-refractivity contribution in [1.29, 1.82) is 0 Å². The molecule has 6 nitrogen and oxygen atoms in total. The molecule has 2 amide bonds. The molecule has 0 saturated heterocycles. The Labute approximate surface area is 151 Å². The minimum atomic E-state index is -0.972. The van der Waals surface area contributed by atoms with Crippen LogP contribution in [-0.2, 0) is 9.59 Å². The number of halogens is 1. The van der Waals surface area contributed by atoms with E-state index < -0.39 is 23.2 Å². The molecule has 0 bridgehead atoms. The lowest BCUT2D eigenvalue weighted by molar-refractivity contribution is -0.140. The monoisotopic (exact) mass is 366 g/mol. The molecule has 0 aromatic heterocycles. The van der Waals surface area contributed by atoms with Crippen LogP contribution in [0.15, 0.2) is 18.2 Å². The highest BCUT2D eigenvalue weighted by Gasteiger charge is 2.65. The van der Waals surface area contributed by atoms with Crippen molar-refractivity contribution in [3.05, 3.63) is 28.8 Å². The van der Waals surface area contributed by atoms with Crippen LogP contribution in [0, 0.1) is 23.2 Å². The molecule has 0 unspecified atom stereocenters. The summed E-state index contributed by atoms with van der Waals surface area (Å²) in [6.07, 6.45) is 0. The summed E-state index contributed by atoms with van der Waals surface area (Å²) in [7, 11) is 0. The third kappa shape index (κ3) is 4.12. The Bertz CT molecular complexity index is 715. The van der Waals surface area contributed by atoms with Crippen molar-refractivity contribution in [1.82, 2.24) is 5.32 Å². The maximum atomic E-state index is 12.3. The summed E-state index contributed by atoms with van der Waals surface area (Å²) in [5.74, 6) is -2.55. The van der Waals surface area contributed by atoms with Gasteiger partial charge in [-0.1, -0.05) is 39.3 Å². The Kier molecular flexibility index (Phi) is 5.42. The van der Waals surface area contributed by atoms with Crippen LogP contribution >= 0.6 is 11.6 Å². The third-order valence-corrected chi connectivity index (χ3v) is 4.84. The second-order valence-corrected chi connectivity index (χ2v) is 7.81. The zero-order chi connectivity index (χ0) is 18.9. The highest BCUT2D eigenvalue weighted by molar-refractivity contribution is 6.34. The van der Waals surface area contributed by atoms with Gasteiger partial charge in [0.2, 0.25) is 5.91 Å². The second-order valence-electron chi connectivity index (χ2n) is 7.40. The molecular weight excluding hydrogens is 344 g/mol. The molecule has 0 aliphatic heterocycles. The summed E-state index contributed by atoms with van der Waals surface area (Å²) in [6.45, 7) is 8.03. The number of hydrogen-bond acceptors (Lipinski definition) is 3. The zero-order valence-corrected chi connectivity index (χ0v) is 15.5. The number of benzene rings is 1. The molecule has 1 aliphatic rings. The lowest BCUT2D eigenvalue weighted by Gasteiger charge is -2.11. The lowest BCUT2D eigenvalue weighted by Crippen LogP contribution is -2.27. The number of carbonyl (C=O) groups excluding carboxylic acids is 2. The molecule has 2 rings (SSSR count). The fraction of sp³-hybridized carbons (Fsp3) is 0.500. The SMILES string of the molecule is CC(C)CNC(=O)c1ccc(NC(=O)[C@@H]2[C@H](C(=O)O)C2(C)C)cc1Cl. The fourth-order valence-electron chi connectivity index (χ4n) is 2.98. The normalized spacial score (nSPS) is 20.9. The van der Waals surface area contributed by atoms with Gasteiger partial charge >= 0.3 is 5.97 Å². The minimum absolute atomic E-state index is 0.226. The van der Waals surface area contributed by atoms with E-state index in [1.54, 1.807) is 26.0 Å². The van der Waals surface area contributed by atoms with Crippen LogP contribution in [0.5, 0.6) is 0 Å². The van der Waals surface area contributed by atoms with Gasteiger partial charge in [-0.05, 0) is 29.5 Å². The van der Waals surface area contributed by atoms with E-state index in [4.69, 9.17) is 16.7 Å². The first-order chi connectivity index (χ1) is 11.6. The molecule has 0 heterocycles. The molecule has 1 aromatic carbocycles. The molecular formula is C18H23ClN2O4. The van der Waals surface area contributed by atoms with Crippen LogP contribution < -0.4 is 10.6 Å². The summed E-state index contributed by atoms with van der Waals surface area (Å²) in [4.78, 5) is 35.6. The van der Waals surface area contributed by atoms with Gasteiger partial charge in [-0.25, -0.2) is 0 Å². The van der Waals surface area contributed by atoms with Gasteiger partial charge in [0, 0.05) is 12.2 Å². The summed E-state index contributed by atoms with van der Waals surface area (Å²) in [6, 6.07) is 4.62. The van der Waals surface area contributed by atoms with Gasteiger partial charge in [0.1, 0.15) is 0 Å². The first-order valence-corrected chi connectivity index (χ1v) is 8.55. The summed E-state index contributed by atoms with van der Waals surface area (Å²) >= 11 is 6.15. The van der Waals surface area contributed by atoms with Gasteiger partial charge in [-0.15, -0.1) is 0 Å². The predicted molar refractivity (Wildman–Crippen MR) is 95.6 cm³/mol. The van der Waals surface area contributed by atoms with E-state index in [9.17, 15) is 14.4 Å². The quantitative estimate of drug-likeness (QED) is 0.721. The fourth-order valence-corrected chi connectivity index (χ4v) is 3.24. The van der Waals surface area contributed by atoms with Crippen molar-refractivity contribution in [3.63, 3.8) is 0 Å². The highest BCUT2D eigenvalue weighted by Crippen LogP contribution is 2.58. The molecule has 1 fully saturated rings. The number of carboxylic acids is 1. The van der Waals surface area contributed by atoms with Crippen molar-refractivity contribution in [3.8, 4) is 0 Å². The number of hydrogen-bond donors (Lipinski definition) is 3. The van der Waals surface area contributed by atoms with Crippen LogP contribution in [0.4, 0.5) is 5.69 Å². The third-order valence-electron chi connectivity index (χ3n) is 4.53. The number of amides is 2. The predicted octanol–water partition coefficient (Wildman–Crippen LogP) is 3.02. The first-order valence-electron chi connectivity index (χ1n) is 8.17. The Balaban J connectivity index is 2.05. The maximum Gasteiger partial charge on any atom is 0.307 e. The summed E-state index contributed by atoms with van der Waals surface area (Å²) < 4.78 is 0. The van der Waals surface area contributed by atoms with E-state index >= 15 is 0 Å². The number of anilines is 1. The molecule has 2 atom stereocenters. The number of carbonyl (C=O) groups is 3. The van der Waals surface area contributed by atoms with Gasteiger partial charge in [0.05, 0.1) is 22.4 Å². The summed E-state index contributed by atoms with van der Waals surface area (Å²) in [5, 5.41) is 14.8. The molecule has 1 saturated carbocycles. The van der Waals surface area contributed by atoms with Crippen molar-refractivity contribution in [2.75, 3.05) is 11.9 Å². The number of rotatable bonds is 6. The molecule has 3 N–H and O–H groups in total. The van der Waals surface area contributed by atoms with Gasteiger partial charge < -0.3 is 15.7 Å². The minimum Gasteiger partial charge on any atom is -0.481 e. The van der Waals surface area contributed by atoms with E-state index in [2.05, 4.69) is 10.6 Å². The zero-order valence-electron chi connectivity index (χ0n) is 14.7. The van der Waals surface area contributed by atoms with Gasteiger partial charge in [-0.3, -0.25) is 14.4 Å². The van der Waals surface area contributed by atoms with E-state index in [0.29, 0.717) is 23.7 Å². The van der Waals surface area contributed by atoms with Gasteiger partial charge in [0.25, 0.3) is 5.91 Å². The highest BCUT2D eigenvalue weighted by atomic mass is 35.5. The van der Waals surface area contributed by atoms with Crippen LogP contribution in [0.2, 0.25) is 5.02 Å². The van der Waals surface area contributed by atoms with Gasteiger partial charge in [0.15, 0.2) is 0 Å². The maximum absolute atomic E-state index is 12.3. The van der Waals surface area contributed by atoms with E-state index in [-0.39, 0.29) is 16.8 Å². The topological polar surface area (TPSA) is 95.5 Å². The molecule has 7 heteroatoms. The van der Waals surface area contributed by atoms with Crippen molar-refractivity contribution in [2.24, 2.45) is 23.2 Å². The van der Waals surface area contributed by atoms with Crippen molar-refractivity contribution in [2.45, 2.75) is 27.7 Å². The molecule has 25 heavy (non-hydrogen) atoms. The summed E-state index contributed by atoms with van der Waals surface area (Å²) in [5.41, 5.74) is 0.189. The van der Waals surface area contributed by atoms with Crippen molar-refractivity contribution >= 4 is 35.1 Å². The Hall–Kier alpha value is -2.08. The van der Waals surface area contributed by atoms with Gasteiger partial charge in [-0.2, -0.15) is 0 Å². The van der Waals surface area contributed by atoms with Crippen LogP contribution in [0.1, 0.15) is 38.1 Å². The standard InChI is InChI=1S/C18H23ClN2O4/c1-9(2)8-20-15(22)11-6-5-10(7-12(11)19)21-16(23)13-14(17(24)25)18(13,3)4/h5-7,9,13-14H,8H2,1-4H3,(H,20,22)(H,21,23)(H,24,25)/t13-,14+/m0/s1. The Morgan fingerprint density at radius 3 is 2.36 bits per heavy atom. The van der Waals surface area contributed by atoms with E-state index in [1.165, 1.54) is 6.07 Å². The average molecular weight is 367 g/mol. The molecule has 1 aromatic rings. The molecule has 136 valence electrons. The number of carboxylic acid groups (broad SMARTS) is 1. The van der Waals surface area contributed by atoms with Crippen LogP contribution in [-0.4, -0.2) is 29.4 Å². The average Bonchev–Trinajstić information content (AvgIpc) is 3.08. The largest absolute Gasteiger partial charge is 0.481 e. The van der Waals surface area contributed by atoms with Crippen molar-refractivity contribution < 1.29 is 19.5 Å². The van der Waals surface area contributed by atoms with Crippen LogP contribution in [0.25, 0.3) is 0 Å². The number of aliphatic carboxylic acids is 1. The lowest BCUT2D eigenvalue weighted by atomic mass is 10.1. The smallest absolute Gasteiger partial charge is 0.307 e. The second kappa shape index (κ2) is 7.04. The van der Waals surface area contributed by atoms with E-state index in [1.807, 2.05) is 13.8 Å². The molecule has 0 radical (unpaired) electrons. The van der Waals surface area contributed by atoms with E-state index in [0.717, 1.165) is 0 Å². The van der Waals surface area contributed by atoms with Crippen LogP contribution in [0.3, 0.4) is 0 Å². The Morgan fingerprint density at radius 2 is 1.88 bits per heavy atom. The Morgan fingerprint density at radius 1 is 1.24 bits per heavy atom. The first kappa shape index (κ1) is 19.2. The molecule has 1 aliphatic carbocycles. The number of nitrogens with one attached hydrogen (secondary N) is 2.